The summed E-state index contributed by atoms with van der Waals surface area (Å²) < 4.78 is 13.0. The van der Waals surface area contributed by atoms with Crippen LogP contribution in [0.4, 0.5) is 4.39 Å². The number of carbonyl (C=O) groups is 1. The number of halogens is 1. The highest BCUT2D eigenvalue weighted by molar-refractivity contribution is 6.06. The number of rotatable bonds is 6. The Balaban J connectivity index is 1.56. The number of hydrogen-bond acceptors (Lipinski definition) is 3. The van der Waals surface area contributed by atoms with E-state index in [0.29, 0.717) is 18.9 Å². The van der Waals surface area contributed by atoms with Gasteiger partial charge in [0, 0.05) is 6.54 Å². The van der Waals surface area contributed by atoms with Crippen molar-refractivity contribution in [2.45, 2.75) is 63.8 Å². The SMILES string of the molecule is C[C@@]1(CCC2CCCCC2)N=C(N)N(CCc2ccc(F)cc2)C1=O. The summed E-state index contributed by atoms with van der Waals surface area (Å²) >= 11 is 0. The van der Waals surface area contributed by atoms with Gasteiger partial charge in [0.05, 0.1) is 0 Å². The van der Waals surface area contributed by atoms with Gasteiger partial charge in [-0.2, -0.15) is 0 Å². The first kappa shape index (κ1) is 17.9. The van der Waals surface area contributed by atoms with Gasteiger partial charge in [-0.25, -0.2) is 9.38 Å². The molecule has 0 aromatic heterocycles. The van der Waals surface area contributed by atoms with E-state index < -0.39 is 5.54 Å². The molecular formula is C20H28FN3O. The summed E-state index contributed by atoms with van der Waals surface area (Å²) in [5.41, 5.74) is 6.30. The zero-order valence-corrected chi connectivity index (χ0v) is 15.0. The zero-order valence-electron chi connectivity index (χ0n) is 15.0. The van der Waals surface area contributed by atoms with Crippen LogP contribution in [0.1, 0.15) is 57.4 Å². The Hall–Kier alpha value is -1.91. The lowest BCUT2D eigenvalue weighted by Crippen LogP contribution is -2.44. The molecule has 0 bridgehead atoms. The minimum absolute atomic E-state index is 0.00270. The van der Waals surface area contributed by atoms with Gasteiger partial charge in [0.2, 0.25) is 0 Å². The monoisotopic (exact) mass is 345 g/mol. The van der Waals surface area contributed by atoms with Crippen LogP contribution in [-0.2, 0) is 11.2 Å². The lowest BCUT2D eigenvalue weighted by atomic mass is 9.82. The number of benzene rings is 1. The Morgan fingerprint density at radius 1 is 1.24 bits per heavy atom. The number of hydrogen-bond donors (Lipinski definition) is 1. The Labute approximate surface area is 149 Å². The third kappa shape index (κ3) is 4.20. The lowest BCUT2D eigenvalue weighted by molar-refractivity contribution is -0.131. The van der Waals surface area contributed by atoms with Crippen LogP contribution in [0.5, 0.6) is 0 Å². The highest BCUT2D eigenvalue weighted by atomic mass is 19.1. The molecular weight excluding hydrogens is 317 g/mol. The normalized spacial score (nSPS) is 24.6. The fourth-order valence-electron chi connectivity index (χ4n) is 3.99. The van der Waals surface area contributed by atoms with Crippen molar-refractivity contribution in [3.8, 4) is 0 Å². The van der Waals surface area contributed by atoms with Crippen molar-refractivity contribution in [1.82, 2.24) is 4.90 Å². The van der Waals surface area contributed by atoms with E-state index in [9.17, 15) is 9.18 Å². The van der Waals surface area contributed by atoms with Gasteiger partial charge < -0.3 is 5.73 Å². The molecule has 1 aliphatic heterocycles. The molecule has 2 N–H and O–H groups in total. The van der Waals surface area contributed by atoms with Crippen LogP contribution >= 0.6 is 0 Å². The quantitative estimate of drug-likeness (QED) is 0.855. The Morgan fingerprint density at radius 3 is 2.60 bits per heavy atom. The van der Waals surface area contributed by atoms with E-state index >= 15 is 0 Å². The Kier molecular flexibility index (Phi) is 5.40. The first-order chi connectivity index (χ1) is 12.0. The Bertz CT molecular complexity index is 637. The standard InChI is InChI=1S/C20H28FN3O/c1-20(13-11-15-5-3-2-4-6-15)18(25)24(19(22)23-20)14-12-16-7-9-17(21)10-8-16/h7-10,15H,2-6,11-14H2,1H3,(H2,22,23)/t20-/m0/s1. The molecule has 4 nitrogen and oxygen atoms in total. The van der Waals surface area contributed by atoms with Crippen LogP contribution in [0, 0.1) is 11.7 Å². The molecule has 1 aromatic rings. The number of carbonyl (C=O) groups excluding carboxylic acids is 1. The average molecular weight is 345 g/mol. The minimum Gasteiger partial charge on any atom is -0.369 e. The molecule has 1 saturated carbocycles. The van der Waals surface area contributed by atoms with Gasteiger partial charge in [0.25, 0.3) is 5.91 Å². The molecule has 0 unspecified atom stereocenters. The summed E-state index contributed by atoms with van der Waals surface area (Å²) in [6.45, 7) is 2.39. The topological polar surface area (TPSA) is 58.7 Å². The van der Waals surface area contributed by atoms with Gasteiger partial charge in [0.1, 0.15) is 11.4 Å². The summed E-state index contributed by atoms with van der Waals surface area (Å²) in [7, 11) is 0. The number of nitrogens with two attached hydrogens (primary N) is 1. The molecule has 3 rings (SSSR count). The molecule has 0 spiro atoms. The van der Waals surface area contributed by atoms with Gasteiger partial charge in [-0.05, 0) is 49.8 Å². The molecule has 0 radical (unpaired) electrons. The number of guanidine groups is 1. The van der Waals surface area contributed by atoms with Gasteiger partial charge in [-0.1, -0.05) is 44.2 Å². The van der Waals surface area contributed by atoms with Crippen molar-refractivity contribution < 1.29 is 9.18 Å². The highest BCUT2D eigenvalue weighted by Crippen LogP contribution is 2.33. The molecule has 1 aromatic carbocycles. The molecule has 1 amide bonds. The first-order valence-corrected chi connectivity index (χ1v) is 9.40. The second-order valence-electron chi connectivity index (χ2n) is 7.62. The smallest absolute Gasteiger partial charge is 0.257 e. The van der Waals surface area contributed by atoms with Crippen LogP contribution in [0.2, 0.25) is 0 Å². The molecule has 1 aliphatic carbocycles. The maximum Gasteiger partial charge on any atom is 0.257 e. The maximum absolute atomic E-state index is 13.0. The molecule has 1 atom stereocenters. The van der Waals surface area contributed by atoms with Crippen LogP contribution < -0.4 is 5.73 Å². The third-order valence-electron chi connectivity index (χ3n) is 5.65. The van der Waals surface area contributed by atoms with Crippen molar-refractivity contribution in [1.29, 1.82) is 0 Å². The highest BCUT2D eigenvalue weighted by Gasteiger charge is 2.43. The summed E-state index contributed by atoms with van der Waals surface area (Å²) in [5.74, 6) is 0.793. The molecule has 5 heteroatoms. The van der Waals surface area contributed by atoms with E-state index in [1.807, 2.05) is 6.92 Å². The van der Waals surface area contributed by atoms with Crippen molar-refractivity contribution in [3.63, 3.8) is 0 Å². The largest absolute Gasteiger partial charge is 0.369 e. The van der Waals surface area contributed by atoms with E-state index in [1.165, 1.54) is 44.2 Å². The fraction of sp³-hybridized carbons (Fsp3) is 0.600. The van der Waals surface area contributed by atoms with E-state index in [1.54, 1.807) is 17.0 Å². The van der Waals surface area contributed by atoms with Crippen LogP contribution in [0.25, 0.3) is 0 Å². The van der Waals surface area contributed by atoms with Gasteiger partial charge in [-0.15, -0.1) is 0 Å². The molecule has 2 aliphatic rings. The van der Waals surface area contributed by atoms with Gasteiger partial charge in [-0.3, -0.25) is 9.69 Å². The van der Waals surface area contributed by atoms with E-state index in [4.69, 9.17) is 5.73 Å². The minimum atomic E-state index is -0.718. The maximum atomic E-state index is 13.0. The van der Waals surface area contributed by atoms with E-state index in [2.05, 4.69) is 4.99 Å². The van der Waals surface area contributed by atoms with E-state index in [-0.39, 0.29) is 11.7 Å². The first-order valence-electron chi connectivity index (χ1n) is 9.40. The number of nitrogens with zero attached hydrogens (tertiary/aromatic N) is 2. The summed E-state index contributed by atoms with van der Waals surface area (Å²) in [6, 6.07) is 6.36. The average Bonchev–Trinajstić information content (AvgIpc) is 2.83. The lowest BCUT2D eigenvalue weighted by Gasteiger charge is -2.26. The van der Waals surface area contributed by atoms with E-state index in [0.717, 1.165) is 24.3 Å². The summed E-state index contributed by atoms with van der Waals surface area (Å²) in [4.78, 5) is 18.9. The molecule has 1 fully saturated rings. The third-order valence-corrected chi connectivity index (χ3v) is 5.65. The van der Waals surface area contributed by atoms with Crippen LogP contribution in [0.3, 0.4) is 0 Å². The van der Waals surface area contributed by atoms with Gasteiger partial charge in [0.15, 0.2) is 5.96 Å². The Morgan fingerprint density at radius 2 is 1.92 bits per heavy atom. The zero-order chi connectivity index (χ0) is 17.9. The second-order valence-corrected chi connectivity index (χ2v) is 7.62. The molecule has 0 saturated heterocycles. The van der Waals surface area contributed by atoms with Gasteiger partial charge >= 0.3 is 0 Å². The molecule has 1 heterocycles. The van der Waals surface area contributed by atoms with Crippen LogP contribution in [0.15, 0.2) is 29.3 Å². The number of amides is 1. The van der Waals surface area contributed by atoms with Crippen molar-refractivity contribution in [2.24, 2.45) is 16.6 Å². The van der Waals surface area contributed by atoms with Crippen molar-refractivity contribution >= 4 is 11.9 Å². The molecule has 25 heavy (non-hydrogen) atoms. The second kappa shape index (κ2) is 7.54. The predicted molar refractivity (Wildman–Crippen MR) is 97.7 cm³/mol. The fourth-order valence-corrected chi connectivity index (χ4v) is 3.99. The summed E-state index contributed by atoms with van der Waals surface area (Å²) in [5, 5.41) is 0. The molecule has 136 valence electrons. The number of aliphatic imine (C=N–C) groups is 1. The van der Waals surface area contributed by atoms with Crippen molar-refractivity contribution in [3.05, 3.63) is 35.6 Å². The summed E-state index contributed by atoms with van der Waals surface area (Å²) in [6.07, 6.45) is 8.97. The predicted octanol–water partition coefficient (Wildman–Crippen LogP) is 3.64. The van der Waals surface area contributed by atoms with Crippen molar-refractivity contribution in [2.75, 3.05) is 6.54 Å². The van der Waals surface area contributed by atoms with Crippen LogP contribution in [-0.4, -0.2) is 28.9 Å².